The van der Waals surface area contributed by atoms with Crippen molar-refractivity contribution in [3.63, 3.8) is 0 Å². The summed E-state index contributed by atoms with van der Waals surface area (Å²) >= 11 is 0. The first kappa shape index (κ1) is 39.7. The third-order valence-corrected chi connectivity index (χ3v) is 15.3. The number of hydrogen-bond acceptors (Lipinski definition) is 4. The molecule has 0 spiro atoms. The molecule has 1 aliphatic rings. The van der Waals surface area contributed by atoms with Crippen LogP contribution in [-0.4, -0.2) is 29.1 Å². The summed E-state index contributed by atoms with van der Waals surface area (Å²) in [5.74, 6) is 0.618. The predicted molar refractivity (Wildman–Crippen MR) is 293 cm³/mol. The molecule has 15 rings (SSSR count). The molecule has 0 saturated carbocycles. The van der Waals surface area contributed by atoms with Gasteiger partial charge in [0.25, 0.3) is 0 Å². The maximum absolute atomic E-state index is 5.48. The molecule has 0 bridgehead atoms. The van der Waals surface area contributed by atoms with E-state index in [4.69, 9.17) is 15.0 Å². The van der Waals surface area contributed by atoms with Gasteiger partial charge in [-0.15, -0.1) is 0 Å². The lowest BCUT2D eigenvalue weighted by Gasteiger charge is -2.22. The smallest absolute Gasteiger partial charge is 0.235 e. The van der Waals surface area contributed by atoms with Crippen molar-refractivity contribution in [1.29, 1.82) is 0 Å². The Balaban J connectivity index is 1.06. The van der Waals surface area contributed by atoms with Gasteiger partial charge in [-0.05, 0) is 109 Å². The first-order chi connectivity index (χ1) is 35.0. The zero-order valence-corrected chi connectivity index (χ0v) is 39.0. The number of para-hydroxylation sites is 1. The normalized spacial score (nSPS) is 13.0. The molecule has 71 heavy (non-hydrogen) atoms. The minimum Gasteiger partial charge on any atom is -0.306 e. The van der Waals surface area contributed by atoms with Crippen LogP contribution in [0.3, 0.4) is 0 Å². The second kappa shape index (κ2) is 14.9. The molecule has 6 heteroatoms. The van der Waals surface area contributed by atoms with Gasteiger partial charge in [-0.1, -0.05) is 159 Å². The van der Waals surface area contributed by atoms with E-state index in [1.54, 1.807) is 0 Å². The lowest BCUT2D eigenvalue weighted by molar-refractivity contribution is 0.661. The summed E-state index contributed by atoms with van der Waals surface area (Å²) in [6.07, 6.45) is 7.86. The number of fused-ring (bicyclic) bond motifs is 16. The molecular weight excluding hydrogens is 865 g/mol. The molecule has 9 aromatic carbocycles. The van der Waals surface area contributed by atoms with Gasteiger partial charge in [-0.2, -0.15) is 0 Å². The molecule has 0 saturated heterocycles. The van der Waals surface area contributed by atoms with Crippen LogP contribution in [0.1, 0.15) is 25.0 Å². The van der Waals surface area contributed by atoms with Crippen LogP contribution in [0.4, 0.5) is 0 Å². The Kier molecular flexibility index (Phi) is 8.32. The number of rotatable bonds is 5. The third-order valence-electron chi connectivity index (χ3n) is 15.3. The zero-order chi connectivity index (χ0) is 47.0. The highest BCUT2D eigenvalue weighted by atomic mass is 15.2. The molecule has 0 N–H and O–H groups in total. The Morgan fingerprint density at radius 3 is 1.68 bits per heavy atom. The predicted octanol–water partition coefficient (Wildman–Crippen LogP) is 16.2. The van der Waals surface area contributed by atoms with Crippen molar-refractivity contribution in [2.45, 2.75) is 19.3 Å². The molecule has 6 nitrogen and oxygen atoms in total. The van der Waals surface area contributed by atoms with Gasteiger partial charge in [0.05, 0.1) is 45.8 Å². The van der Waals surface area contributed by atoms with Crippen LogP contribution in [0.25, 0.3) is 132 Å². The number of aromatic nitrogens is 6. The van der Waals surface area contributed by atoms with Crippen LogP contribution in [0, 0.1) is 0 Å². The average Bonchev–Trinajstić information content (AvgIpc) is 4.03. The van der Waals surface area contributed by atoms with E-state index in [2.05, 4.69) is 222 Å². The zero-order valence-electron chi connectivity index (χ0n) is 39.0. The van der Waals surface area contributed by atoms with Gasteiger partial charge in [0.1, 0.15) is 0 Å². The lowest BCUT2D eigenvalue weighted by Crippen LogP contribution is -2.14. The van der Waals surface area contributed by atoms with Gasteiger partial charge < -0.3 is 4.57 Å². The Hall–Kier alpha value is -9.26. The second-order valence-electron chi connectivity index (χ2n) is 19.4. The molecule has 0 fully saturated rings. The summed E-state index contributed by atoms with van der Waals surface area (Å²) in [6.45, 7) is 4.79. The fraction of sp³-hybridized carbons (Fsp3) is 0.0462. The van der Waals surface area contributed by atoms with E-state index in [9.17, 15) is 0 Å². The van der Waals surface area contributed by atoms with Crippen molar-refractivity contribution in [3.8, 4) is 56.4 Å². The fourth-order valence-corrected chi connectivity index (χ4v) is 12.0. The maximum atomic E-state index is 5.48. The standard InChI is InChI=1S/C65H42N6/c1-65(2)53-28-27-47-45-24-13-12-22-43(45)44-23-14-15-25-46(44)62(47)63(53)51-34-58-50(33-54(51)65)49-32-41(52-36-67-38-60-61(52)48-30-31-66-37-59(48)70(60)42-20-10-5-11-21-42)26-29-57(49)71(58)64-68-55(39-16-6-3-7-17-39)35-56(69-64)40-18-8-4-9-19-40/h3-38H,1-2H3. The highest BCUT2D eigenvalue weighted by Gasteiger charge is 2.38. The quantitative estimate of drug-likeness (QED) is 0.161. The van der Waals surface area contributed by atoms with Crippen LogP contribution in [0.2, 0.25) is 0 Å². The molecule has 1 aliphatic carbocycles. The minimum atomic E-state index is -0.293. The largest absolute Gasteiger partial charge is 0.306 e. The van der Waals surface area contributed by atoms with Crippen molar-refractivity contribution in [3.05, 3.63) is 230 Å². The summed E-state index contributed by atoms with van der Waals surface area (Å²) in [6, 6.07) is 70.0. The summed E-state index contributed by atoms with van der Waals surface area (Å²) in [5.41, 5.74) is 16.0. The molecule has 0 unspecified atom stereocenters. The van der Waals surface area contributed by atoms with Gasteiger partial charge in [0.15, 0.2) is 0 Å². The van der Waals surface area contributed by atoms with Crippen LogP contribution in [0.5, 0.6) is 0 Å². The van der Waals surface area contributed by atoms with Gasteiger partial charge in [-0.25, -0.2) is 9.97 Å². The Labute approximate surface area is 408 Å². The SMILES string of the molecule is CC1(C)c2cc3c4cc(-c5cncc6c5c5ccncc5n6-c5ccccc5)ccc4n(-c4nc(-c5ccccc5)cc(-c5ccccc5)n4)c3cc2-c2c1ccc1c3ccccc3c3ccccc3c21. The summed E-state index contributed by atoms with van der Waals surface area (Å²) < 4.78 is 4.59. The minimum absolute atomic E-state index is 0.293. The Bertz CT molecular complexity index is 4440. The number of nitrogens with zero attached hydrogens (tertiary/aromatic N) is 6. The van der Waals surface area contributed by atoms with Crippen molar-refractivity contribution in [2.24, 2.45) is 0 Å². The Morgan fingerprint density at radius 2 is 0.972 bits per heavy atom. The van der Waals surface area contributed by atoms with Gasteiger partial charge in [-0.3, -0.25) is 14.5 Å². The highest BCUT2D eigenvalue weighted by Crippen LogP contribution is 2.55. The van der Waals surface area contributed by atoms with Crippen LogP contribution in [0.15, 0.2) is 219 Å². The topological polar surface area (TPSA) is 61.4 Å². The highest BCUT2D eigenvalue weighted by molar-refractivity contribution is 6.30. The van der Waals surface area contributed by atoms with Crippen molar-refractivity contribution >= 4 is 75.9 Å². The van der Waals surface area contributed by atoms with Gasteiger partial charge in [0.2, 0.25) is 5.95 Å². The van der Waals surface area contributed by atoms with E-state index in [1.807, 2.05) is 24.8 Å². The van der Waals surface area contributed by atoms with E-state index in [-0.39, 0.29) is 5.41 Å². The number of pyridine rings is 2. The summed E-state index contributed by atoms with van der Waals surface area (Å²) in [5, 5.41) is 12.2. The van der Waals surface area contributed by atoms with E-state index in [1.165, 1.54) is 54.6 Å². The molecular formula is C65H42N6. The van der Waals surface area contributed by atoms with Gasteiger partial charge >= 0.3 is 0 Å². The first-order valence-corrected chi connectivity index (χ1v) is 24.3. The third kappa shape index (κ3) is 5.70. The van der Waals surface area contributed by atoms with Crippen LogP contribution in [-0.2, 0) is 5.41 Å². The molecule has 0 amide bonds. The van der Waals surface area contributed by atoms with Gasteiger partial charge in [0, 0.05) is 61.7 Å². The molecule has 14 aromatic rings. The number of hydrogen-bond donors (Lipinski definition) is 0. The maximum Gasteiger partial charge on any atom is 0.235 e. The average molecular weight is 907 g/mol. The van der Waals surface area contributed by atoms with E-state index in [0.29, 0.717) is 5.95 Å². The fourth-order valence-electron chi connectivity index (χ4n) is 12.0. The molecule has 0 aliphatic heterocycles. The molecule has 0 atom stereocenters. The molecule has 332 valence electrons. The van der Waals surface area contributed by atoms with Crippen molar-refractivity contribution < 1.29 is 0 Å². The van der Waals surface area contributed by atoms with Crippen LogP contribution >= 0.6 is 0 Å². The van der Waals surface area contributed by atoms with Crippen LogP contribution < -0.4 is 0 Å². The first-order valence-electron chi connectivity index (χ1n) is 24.3. The van der Waals surface area contributed by atoms with Crippen molar-refractivity contribution in [2.75, 3.05) is 0 Å². The Morgan fingerprint density at radius 1 is 0.366 bits per heavy atom. The van der Waals surface area contributed by atoms with E-state index < -0.39 is 0 Å². The second-order valence-corrected chi connectivity index (χ2v) is 19.4. The molecule has 0 radical (unpaired) electrons. The summed E-state index contributed by atoms with van der Waals surface area (Å²) in [7, 11) is 0. The van der Waals surface area contributed by atoms with Crippen molar-refractivity contribution in [1.82, 2.24) is 29.1 Å². The van der Waals surface area contributed by atoms with E-state index >= 15 is 0 Å². The lowest BCUT2D eigenvalue weighted by atomic mass is 9.81. The molecule has 5 aromatic heterocycles. The number of benzene rings is 9. The molecule has 5 heterocycles. The monoisotopic (exact) mass is 906 g/mol. The van der Waals surface area contributed by atoms with E-state index in [0.717, 1.165) is 82.9 Å². The summed E-state index contributed by atoms with van der Waals surface area (Å²) in [4.78, 5) is 20.5.